The van der Waals surface area contributed by atoms with Crippen LogP contribution in [-0.4, -0.2) is 30.8 Å². The molecule has 0 spiro atoms. The van der Waals surface area contributed by atoms with Crippen molar-refractivity contribution < 1.29 is 8.78 Å². The molecule has 1 aliphatic carbocycles. The van der Waals surface area contributed by atoms with Crippen LogP contribution in [0.4, 0.5) is 14.6 Å². The second-order valence-electron chi connectivity index (χ2n) is 6.45. The maximum atomic E-state index is 14.2. The first-order valence-electron chi connectivity index (χ1n) is 8.56. The van der Waals surface area contributed by atoms with Crippen molar-refractivity contribution in [3.8, 4) is 16.8 Å². The molecule has 0 saturated heterocycles. The molecular formula is C19H14F2N6. The molecule has 3 aromatic heterocycles. The van der Waals surface area contributed by atoms with Crippen LogP contribution in [0.2, 0.25) is 0 Å². The highest BCUT2D eigenvalue weighted by Crippen LogP contribution is 2.34. The Morgan fingerprint density at radius 3 is 2.74 bits per heavy atom. The van der Waals surface area contributed by atoms with E-state index in [9.17, 15) is 8.78 Å². The highest BCUT2D eigenvalue weighted by Gasteiger charge is 2.23. The number of nitrogens with one attached hydrogen (secondary N) is 1. The summed E-state index contributed by atoms with van der Waals surface area (Å²) < 4.78 is 28.8. The minimum Gasteiger partial charge on any atom is -0.367 e. The summed E-state index contributed by atoms with van der Waals surface area (Å²) in [5.74, 6) is -0.592. The van der Waals surface area contributed by atoms with Crippen molar-refractivity contribution in [2.45, 2.75) is 18.9 Å². The number of hydrogen-bond acceptors (Lipinski definition) is 5. The quantitative estimate of drug-likeness (QED) is 0.598. The molecule has 0 unspecified atom stereocenters. The largest absolute Gasteiger partial charge is 0.367 e. The molecule has 0 amide bonds. The van der Waals surface area contributed by atoms with Crippen molar-refractivity contribution in [1.82, 2.24) is 24.7 Å². The number of hydrogen-bond donors (Lipinski definition) is 1. The van der Waals surface area contributed by atoms with Gasteiger partial charge in [0.25, 0.3) is 0 Å². The number of fused-ring (bicyclic) bond motifs is 1. The zero-order valence-electron chi connectivity index (χ0n) is 14.1. The molecular weight excluding hydrogens is 350 g/mol. The van der Waals surface area contributed by atoms with Gasteiger partial charge in [0.15, 0.2) is 11.5 Å². The van der Waals surface area contributed by atoms with E-state index in [0.29, 0.717) is 11.7 Å². The molecule has 6 nitrogen and oxygen atoms in total. The van der Waals surface area contributed by atoms with E-state index in [1.807, 2.05) is 6.07 Å². The number of benzene rings is 1. The highest BCUT2D eigenvalue weighted by molar-refractivity contribution is 5.95. The normalized spacial score (nSPS) is 13.9. The van der Waals surface area contributed by atoms with Crippen molar-refractivity contribution >= 4 is 16.9 Å². The van der Waals surface area contributed by atoms with E-state index in [4.69, 9.17) is 0 Å². The second kappa shape index (κ2) is 6.08. The summed E-state index contributed by atoms with van der Waals surface area (Å²) in [4.78, 5) is 12.9. The lowest BCUT2D eigenvalue weighted by Gasteiger charge is -2.10. The monoisotopic (exact) mass is 364 g/mol. The van der Waals surface area contributed by atoms with Crippen molar-refractivity contribution in [3.63, 3.8) is 0 Å². The van der Waals surface area contributed by atoms with E-state index in [2.05, 4.69) is 25.4 Å². The van der Waals surface area contributed by atoms with Gasteiger partial charge in [0, 0.05) is 41.0 Å². The summed E-state index contributed by atoms with van der Waals surface area (Å²) in [6.45, 7) is 0. The fourth-order valence-corrected chi connectivity index (χ4v) is 3.06. The fraction of sp³-hybridized carbons (Fsp3) is 0.158. The average Bonchev–Trinajstić information content (AvgIpc) is 3.38. The first-order chi connectivity index (χ1) is 13.2. The van der Waals surface area contributed by atoms with Gasteiger partial charge in [-0.3, -0.25) is 0 Å². The van der Waals surface area contributed by atoms with Gasteiger partial charge in [-0.25, -0.2) is 28.4 Å². The Hall–Kier alpha value is -3.42. The summed E-state index contributed by atoms with van der Waals surface area (Å²) in [5.41, 5.74) is 2.28. The molecule has 0 aliphatic heterocycles. The van der Waals surface area contributed by atoms with Crippen LogP contribution in [-0.2, 0) is 0 Å². The van der Waals surface area contributed by atoms with E-state index in [-0.39, 0.29) is 5.69 Å². The van der Waals surface area contributed by atoms with Crippen LogP contribution in [0.3, 0.4) is 0 Å². The third-order valence-corrected chi connectivity index (χ3v) is 4.53. The van der Waals surface area contributed by atoms with Crippen molar-refractivity contribution in [2.24, 2.45) is 0 Å². The predicted octanol–water partition coefficient (Wildman–Crippen LogP) is 3.73. The van der Waals surface area contributed by atoms with Crippen LogP contribution in [0.25, 0.3) is 27.8 Å². The molecule has 134 valence electrons. The molecule has 0 bridgehead atoms. The third kappa shape index (κ3) is 2.79. The standard InChI is InChI=1S/C19H14F2N6/c20-11-1-4-17(16(21)7-11)27-19-15(9-25-27)13(5-6-23-19)14-8-22-10-24-18(14)26-12-2-3-12/h1,4-10,12H,2-3H2,(H,22,24,26). The van der Waals surface area contributed by atoms with Gasteiger partial charge in [-0.05, 0) is 31.0 Å². The Morgan fingerprint density at radius 1 is 1.04 bits per heavy atom. The Labute approximate surface area is 152 Å². The number of pyridine rings is 1. The lowest BCUT2D eigenvalue weighted by molar-refractivity contribution is 0.574. The zero-order valence-corrected chi connectivity index (χ0v) is 14.1. The molecule has 4 aromatic rings. The van der Waals surface area contributed by atoms with Crippen molar-refractivity contribution in [2.75, 3.05) is 5.32 Å². The lowest BCUT2D eigenvalue weighted by Crippen LogP contribution is -2.05. The maximum Gasteiger partial charge on any atom is 0.163 e. The molecule has 1 N–H and O–H groups in total. The fourth-order valence-electron chi connectivity index (χ4n) is 3.06. The van der Waals surface area contributed by atoms with Crippen LogP contribution < -0.4 is 5.32 Å². The van der Waals surface area contributed by atoms with Gasteiger partial charge in [0.2, 0.25) is 0 Å². The number of aromatic nitrogens is 5. The Balaban J connectivity index is 1.67. The first-order valence-corrected chi connectivity index (χ1v) is 8.56. The molecule has 27 heavy (non-hydrogen) atoms. The molecule has 1 aromatic carbocycles. The molecule has 8 heteroatoms. The van der Waals surface area contributed by atoms with E-state index in [1.165, 1.54) is 23.1 Å². The molecule has 1 aliphatic rings. The minimum absolute atomic E-state index is 0.136. The molecule has 0 radical (unpaired) electrons. The maximum absolute atomic E-state index is 14.2. The van der Waals surface area contributed by atoms with Gasteiger partial charge >= 0.3 is 0 Å². The van der Waals surface area contributed by atoms with Crippen LogP contribution in [0.5, 0.6) is 0 Å². The summed E-state index contributed by atoms with van der Waals surface area (Å²) in [6, 6.07) is 5.66. The average molecular weight is 364 g/mol. The Kier molecular flexibility index (Phi) is 3.56. The SMILES string of the molecule is Fc1ccc(-n2ncc3c(-c4cncnc4NC4CC4)ccnc32)c(F)c1. The van der Waals surface area contributed by atoms with Crippen LogP contribution in [0, 0.1) is 11.6 Å². The van der Waals surface area contributed by atoms with Gasteiger partial charge in [0.1, 0.15) is 23.6 Å². The van der Waals surface area contributed by atoms with E-state index < -0.39 is 11.6 Å². The molecule has 3 heterocycles. The first kappa shape index (κ1) is 15.8. The number of anilines is 1. The zero-order chi connectivity index (χ0) is 18.4. The minimum atomic E-state index is -0.702. The summed E-state index contributed by atoms with van der Waals surface area (Å²) >= 11 is 0. The highest BCUT2D eigenvalue weighted by atomic mass is 19.1. The van der Waals surface area contributed by atoms with Gasteiger partial charge in [-0.1, -0.05) is 0 Å². The third-order valence-electron chi connectivity index (χ3n) is 4.53. The second-order valence-corrected chi connectivity index (χ2v) is 6.45. The lowest BCUT2D eigenvalue weighted by atomic mass is 10.1. The van der Waals surface area contributed by atoms with Crippen LogP contribution in [0.1, 0.15) is 12.8 Å². The van der Waals surface area contributed by atoms with E-state index in [1.54, 1.807) is 18.6 Å². The van der Waals surface area contributed by atoms with Gasteiger partial charge in [0.05, 0.1) is 6.20 Å². The van der Waals surface area contributed by atoms with Gasteiger partial charge in [-0.15, -0.1) is 0 Å². The topological polar surface area (TPSA) is 68.5 Å². The van der Waals surface area contributed by atoms with Crippen molar-refractivity contribution in [3.05, 3.63) is 60.8 Å². The van der Waals surface area contributed by atoms with E-state index >= 15 is 0 Å². The van der Waals surface area contributed by atoms with Gasteiger partial charge in [-0.2, -0.15) is 5.10 Å². The van der Waals surface area contributed by atoms with Crippen molar-refractivity contribution in [1.29, 1.82) is 0 Å². The van der Waals surface area contributed by atoms with Crippen LogP contribution >= 0.6 is 0 Å². The number of rotatable bonds is 4. The molecule has 1 saturated carbocycles. The molecule has 5 rings (SSSR count). The Bertz CT molecular complexity index is 1150. The molecule has 0 atom stereocenters. The summed E-state index contributed by atoms with van der Waals surface area (Å²) in [6.07, 6.45) is 8.74. The summed E-state index contributed by atoms with van der Waals surface area (Å²) in [7, 11) is 0. The van der Waals surface area contributed by atoms with Crippen LogP contribution in [0.15, 0.2) is 49.2 Å². The van der Waals surface area contributed by atoms with E-state index in [0.717, 1.165) is 41.2 Å². The van der Waals surface area contributed by atoms with Gasteiger partial charge < -0.3 is 5.32 Å². The smallest absolute Gasteiger partial charge is 0.163 e. The number of nitrogens with zero attached hydrogens (tertiary/aromatic N) is 5. The summed E-state index contributed by atoms with van der Waals surface area (Å²) in [5, 5.41) is 8.41. The number of halogens is 2. The molecule has 1 fully saturated rings. The Morgan fingerprint density at radius 2 is 1.93 bits per heavy atom. The predicted molar refractivity (Wildman–Crippen MR) is 96.5 cm³/mol.